The number of Topliss-reactive ketones (excluding diaryl/α,β-unsaturated/α-hetero) is 1. The molecule has 7 heteroatoms. The summed E-state index contributed by atoms with van der Waals surface area (Å²) < 4.78 is 22.2. The van der Waals surface area contributed by atoms with E-state index in [1.165, 1.54) is 0 Å². The number of hydrogen-bond acceptors (Lipinski definition) is 7. The molecule has 0 saturated heterocycles. The number of carbonyl (C=O) groups excluding carboxylic acids is 2. The Kier molecular flexibility index (Phi) is 7.91. The highest BCUT2D eigenvalue weighted by molar-refractivity contribution is 6.04. The average molecular weight is 540 g/mol. The quantitative estimate of drug-likeness (QED) is 0.361. The minimum Gasteiger partial charge on any atom is -0.497 e. The fraction of sp³-hybridized carbons (Fsp3) is 0.273. The van der Waals surface area contributed by atoms with Crippen LogP contribution in [-0.4, -0.2) is 33.1 Å². The van der Waals surface area contributed by atoms with E-state index in [0.717, 1.165) is 22.6 Å². The van der Waals surface area contributed by atoms with Crippen molar-refractivity contribution in [1.29, 1.82) is 0 Å². The van der Waals surface area contributed by atoms with Gasteiger partial charge in [-0.05, 0) is 48.6 Å². The Morgan fingerprint density at radius 2 is 1.57 bits per heavy atom. The molecule has 2 unspecified atom stereocenters. The maximum Gasteiger partial charge on any atom is 0.337 e. The maximum absolute atomic E-state index is 13.9. The molecule has 0 bridgehead atoms. The van der Waals surface area contributed by atoms with E-state index >= 15 is 0 Å². The summed E-state index contributed by atoms with van der Waals surface area (Å²) in [7, 11) is 4.79. The first-order valence-electron chi connectivity index (χ1n) is 13.2. The van der Waals surface area contributed by atoms with Crippen molar-refractivity contribution < 1.29 is 28.5 Å². The third kappa shape index (κ3) is 5.32. The summed E-state index contributed by atoms with van der Waals surface area (Å²) in [5, 5.41) is 3.41. The first-order valence-corrected chi connectivity index (χ1v) is 13.2. The van der Waals surface area contributed by atoms with Crippen LogP contribution in [0.1, 0.15) is 48.3 Å². The number of rotatable bonds is 8. The van der Waals surface area contributed by atoms with Crippen LogP contribution in [-0.2, 0) is 20.9 Å². The third-order valence-corrected chi connectivity index (χ3v) is 7.60. The molecule has 0 amide bonds. The van der Waals surface area contributed by atoms with Gasteiger partial charge in [0.1, 0.15) is 23.9 Å². The second-order valence-corrected chi connectivity index (χ2v) is 9.96. The monoisotopic (exact) mass is 539 g/mol. The zero-order valence-corrected chi connectivity index (χ0v) is 23.2. The lowest BCUT2D eigenvalue weighted by atomic mass is 9.71. The summed E-state index contributed by atoms with van der Waals surface area (Å²) in [5.74, 6) is 0.779. The highest BCUT2D eigenvalue weighted by Crippen LogP contribution is 2.48. The number of nitrogens with one attached hydrogen (secondary N) is 1. The molecule has 2 aliphatic rings. The van der Waals surface area contributed by atoms with Crippen molar-refractivity contribution in [3.63, 3.8) is 0 Å². The van der Waals surface area contributed by atoms with Crippen LogP contribution >= 0.6 is 0 Å². The molecule has 7 nitrogen and oxygen atoms in total. The number of dihydropyridines is 1. The van der Waals surface area contributed by atoms with Gasteiger partial charge in [-0.1, -0.05) is 48.5 Å². The van der Waals surface area contributed by atoms with E-state index in [1.807, 2.05) is 73.7 Å². The topological polar surface area (TPSA) is 83.1 Å². The number of hydrogen-bond donors (Lipinski definition) is 1. The van der Waals surface area contributed by atoms with Crippen molar-refractivity contribution >= 4 is 11.8 Å². The van der Waals surface area contributed by atoms with Crippen LogP contribution in [0.2, 0.25) is 0 Å². The summed E-state index contributed by atoms with van der Waals surface area (Å²) in [4.78, 5) is 27.6. The van der Waals surface area contributed by atoms with Gasteiger partial charge in [0, 0.05) is 35.0 Å². The molecule has 0 spiro atoms. The first-order chi connectivity index (χ1) is 19.4. The molecule has 0 saturated carbocycles. The Hall–Kier alpha value is -4.52. The Morgan fingerprint density at radius 1 is 0.875 bits per heavy atom. The molecule has 1 N–H and O–H groups in total. The van der Waals surface area contributed by atoms with Crippen molar-refractivity contribution in [2.24, 2.45) is 0 Å². The number of allylic oxidation sites excluding steroid dienone is 3. The smallest absolute Gasteiger partial charge is 0.337 e. The second-order valence-electron chi connectivity index (χ2n) is 9.96. The molecule has 40 heavy (non-hydrogen) atoms. The number of carbonyl (C=O) groups is 2. The summed E-state index contributed by atoms with van der Waals surface area (Å²) in [6, 6.07) is 22.8. The number of ether oxygens (including phenoxy) is 4. The van der Waals surface area contributed by atoms with Gasteiger partial charge in [0.2, 0.25) is 0 Å². The Labute approximate surface area is 234 Å². The van der Waals surface area contributed by atoms with Gasteiger partial charge >= 0.3 is 5.97 Å². The summed E-state index contributed by atoms with van der Waals surface area (Å²) in [6.45, 7) is 1.98. The van der Waals surface area contributed by atoms with Gasteiger partial charge in [-0.25, -0.2) is 4.79 Å². The molecule has 2 atom stereocenters. The number of esters is 1. The third-order valence-electron chi connectivity index (χ3n) is 7.60. The molecule has 0 radical (unpaired) electrons. The lowest BCUT2D eigenvalue weighted by Gasteiger charge is -2.37. The summed E-state index contributed by atoms with van der Waals surface area (Å²) in [5.41, 5.74) is 5.10. The number of methoxy groups -OCH3 is 3. The molecule has 5 rings (SSSR count). The van der Waals surface area contributed by atoms with Crippen molar-refractivity contribution in [2.75, 3.05) is 21.3 Å². The summed E-state index contributed by atoms with van der Waals surface area (Å²) in [6.07, 6.45) is 0.958. The molecule has 1 aliphatic carbocycles. The predicted molar refractivity (Wildman–Crippen MR) is 151 cm³/mol. The Bertz CT molecular complexity index is 1470. The molecule has 0 aromatic heterocycles. The van der Waals surface area contributed by atoms with Gasteiger partial charge in [-0.2, -0.15) is 0 Å². The van der Waals surface area contributed by atoms with E-state index < -0.39 is 11.9 Å². The van der Waals surface area contributed by atoms with Gasteiger partial charge in [0.05, 0.1) is 32.8 Å². The molecule has 3 aromatic carbocycles. The Morgan fingerprint density at radius 3 is 2.25 bits per heavy atom. The minimum atomic E-state index is -0.648. The van der Waals surface area contributed by atoms with Crippen molar-refractivity contribution in [1.82, 2.24) is 5.32 Å². The standard InChI is InChI=1S/C33H33NO6/c1-20-30(33(36)40-19-21-8-6-5-7-9-21)31(26-15-14-25(38-3)18-29(26)39-4)32-27(34-20)16-23(17-28(32)35)22-10-12-24(37-2)13-11-22/h5-15,18,23,31,34H,16-17,19H2,1-4H3. The van der Waals surface area contributed by atoms with Crippen LogP contribution in [0.25, 0.3) is 0 Å². The van der Waals surface area contributed by atoms with E-state index in [2.05, 4.69) is 5.32 Å². The van der Waals surface area contributed by atoms with E-state index in [9.17, 15) is 9.59 Å². The van der Waals surface area contributed by atoms with Gasteiger partial charge in [0.15, 0.2) is 5.78 Å². The number of benzene rings is 3. The highest BCUT2D eigenvalue weighted by Gasteiger charge is 2.42. The van der Waals surface area contributed by atoms with E-state index in [-0.39, 0.29) is 18.3 Å². The minimum absolute atomic E-state index is 0.00227. The molecule has 3 aromatic rings. The van der Waals surface area contributed by atoms with Crippen LogP contribution < -0.4 is 19.5 Å². The van der Waals surface area contributed by atoms with Crippen LogP contribution in [0.5, 0.6) is 17.2 Å². The normalized spacial score (nSPS) is 18.6. The number of ketones is 1. The molecule has 0 fully saturated rings. The lowest BCUT2D eigenvalue weighted by molar-refractivity contribution is -0.140. The maximum atomic E-state index is 13.9. The fourth-order valence-corrected chi connectivity index (χ4v) is 5.59. The van der Waals surface area contributed by atoms with E-state index in [0.29, 0.717) is 46.7 Å². The van der Waals surface area contributed by atoms with Crippen molar-refractivity contribution in [3.8, 4) is 17.2 Å². The average Bonchev–Trinajstić information content (AvgIpc) is 2.99. The predicted octanol–water partition coefficient (Wildman–Crippen LogP) is 5.82. The lowest BCUT2D eigenvalue weighted by Crippen LogP contribution is -2.36. The summed E-state index contributed by atoms with van der Waals surface area (Å²) >= 11 is 0. The molecular weight excluding hydrogens is 506 g/mol. The highest BCUT2D eigenvalue weighted by atomic mass is 16.5. The van der Waals surface area contributed by atoms with Crippen LogP contribution in [0.15, 0.2) is 95.3 Å². The first kappa shape index (κ1) is 27.1. The van der Waals surface area contributed by atoms with Crippen LogP contribution in [0.3, 0.4) is 0 Å². The van der Waals surface area contributed by atoms with E-state index in [4.69, 9.17) is 18.9 Å². The molecule has 1 aliphatic heterocycles. The zero-order valence-electron chi connectivity index (χ0n) is 23.2. The SMILES string of the molecule is COc1ccc(C2CC(=O)C3=C(C2)NC(C)=C(C(=O)OCc2ccccc2)C3c2ccc(OC)cc2OC)cc1. The Balaban J connectivity index is 1.55. The van der Waals surface area contributed by atoms with Crippen molar-refractivity contribution in [3.05, 3.63) is 112 Å². The zero-order chi connectivity index (χ0) is 28.2. The van der Waals surface area contributed by atoms with Gasteiger partial charge < -0.3 is 24.3 Å². The van der Waals surface area contributed by atoms with Crippen molar-refractivity contribution in [2.45, 2.75) is 38.2 Å². The van der Waals surface area contributed by atoms with Crippen LogP contribution in [0.4, 0.5) is 0 Å². The molecular formula is C33H33NO6. The fourth-order valence-electron chi connectivity index (χ4n) is 5.59. The second kappa shape index (κ2) is 11.7. The van der Waals surface area contributed by atoms with Gasteiger partial charge in [0.25, 0.3) is 0 Å². The van der Waals surface area contributed by atoms with E-state index in [1.54, 1.807) is 27.4 Å². The largest absolute Gasteiger partial charge is 0.497 e. The molecule has 1 heterocycles. The van der Waals surface area contributed by atoms with Crippen LogP contribution in [0, 0.1) is 0 Å². The van der Waals surface area contributed by atoms with Gasteiger partial charge in [-0.3, -0.25) is 4.79 Å². The molecule has 206 valence electrons. The van der Waals surface area contributed by atoms with Gasteiger partial charge in [-0.15, -0.1) is 0 Å².